The maximum absolute atomic E-state index is 10.6. The molecule has 0 aliphatic rings. The molecular weight excluding hydrogens is 170 g/mol. The van der Waals surface area contributed by atoms with Crippen molar-refractivity contribution in [3.05, 3.63) is 30.3 Å². The summed E-state index contributed by atoms with van der Waals surface area (Å²) in [6, 6.07) is 9.29. The van der Waals surface area contributed by atoms with Crippen LogP contribution in [0.15, 0.2) is 30.3 Å². The number of benzene rings is 1. The van der Waals surface area contributed by atoms with E-state index in [1.54, 1.807) is 0 Å². The van der Waals surface area contributed by atoms with E-state index in [1.165, 1.54) is 7.11 Å². The Morgan fingerprint density at radius 3 is 2.69 bits per heavy atom. The van der Waals surface area contributed by atoms with Gasteiger partial charge in [-0.15, -0.1) is 0 Å². The van der Waals surface area contributed by atoms with E-state index in [0.717, 1.165) is 5.69 Å². The molecule has 0 heterocycles. The number of hydrogen-bond donors (Lipinski definition) is 1. The van der Waals surface area contributed by atoms with Crippen LogP contribution in [0.3, 0.4) is 0 Å². The van der Waals surface area contributed by atoms with Crippen molar-refractivity contribution < 1.29 is 14.4 Å². The lowest BCUT2D eigenvalue weighted by Crippen LogP contribution is -2.13. The quantitative estimate of drug-likeness (QED) is 0.560. The zero-order valence-electron chi connectivity index (χ0n) is 7.32. The van der Waals surface area contributed by atoms with Gasteiger partial charge in [0.2, 0.25) is 0 Å². The number of ether oxygens (including phenoxy) is 1. The molecule has 13 heavy (non-hydrogen) atoms. The van der Waals surface area contributed by atoms with E-state index < -0.39 is 5.97 Å². The van der Waals surface area contributed by atoms with Gasteiger partial charge in [-0.3, -0.25) is 10.3 Å². The Morgan fingerprint density at radius 1 is 1.38 bits per heavy atom. The third-order valence-electron chi connectivity index (χ3n) is 1.38. The molecule has 70 valence electrons. The molecule has 0 bridgehead atoms. The van der Waals surface area contributed by atoms with Crippen LogP contribution >= 0.6 is 0 Å². The molecule has 0 aromatic heterocycles. The molecule has 0 fully saturated rings. The largest absolute Gasteiger partial charge is 0.467 e. The standard InChI is InChI=1S/C9H11NO3/c1-12-9(11)7-13-10-8-5-3-2-4-6-8/h2-6,10H,7H2,1H3. The van der Waals surface area contributed by atoms with Crippen molar-refractivity contribution in [2.45, 2.75) is 0 Å². The number of para-hydroxylation sites is 1. The minimum atomic E-state index is -0.413. The number of carbonyl (C=O) groups is 1. The van der Waals surface area contributed by atoms with Crippen molar-refractivity contribution in [1.29, 1.82) is 0 Å². The first-order valence-electron chi connectivity index (χ1n) is 3.82. The van der Waals surface area contributed by atoms with Gasteiger partial charge in [0.25, 0.3) is 0 Å². The lowest BCUT2D eigenvalue weighted by molar-refractivity contribution is -0.144. The molecule has 0 amide bonds. The Balaban J connectivity index is 2.24. The fourth-order valence-corrected chi connectivity index (χ4v) is 0.743. The van der Waals surface area contributed by atoms with E-state index in [9.17, 15) is 4.79 Å². The van der Waals surface area contributed by atoms with Gasteiger partial charge in [0.05, 0.1) is 12.8 Å². The topological polar surface area (TPSA) is 47.6 Å². The van der Waals surface area contributed by atoms with Gasteiger partial charge < -0.3 is 4.74 Å². The molecule has 0 atom stereocenters. The number of anilines is 1. The number of esters is 1. The molecule has 0 spiro atoms. The second-order valence-electron chi connectivity index (χ2n) is 2.33. The van der Waals surface area contributed by atoms with Gasteiger partial charge in [-0.05, 0) is 12.1 Å². The van der Waals surface area contributed by atoms with E-state index in [4.69, 9.17) is 4.84 Å². The third kappa shape index (κ3) is 3.57. The van der Waals surface area contributed by atoms with Crippen LogP contribution in [0.5, 0.6) is 0 Å². The Kier molecular flexibility index (Phi) is 3.78. The van der Waals surface area contributed by atoms with Crippen molar-refractivity contribution >= 4 is 11.7 Å². The monoisotopic (exact) mass is 181 g/mol. The number of rotatable bonds is 4. The van der Waals surface area contributed by atoms with E-state index in [0.29, 0.717) is 0 Å². The highest BCUT2D eigenvalue weighted by atomic mass is 16.7. The molecule has 1 aromatic carbocycles. The normalized spacial score (nSPS) is 9.31. The van der Waals surface area contributed by atoms with Gasteiger partial charge in [0.15, 0.2) is 6.61 Å². The molecule has 4 nitrogen and oxygen atoms in total. The summed E-state index contributed by atoms with van der Waals surface area (Å²) in [5, 5.41) is 0. The third-order valence-corrected chi connectivity index (χ3v) is 1.38. The van der Waals surface area contributed by atoms with Gasteiger partial charge in [-0.2, -0.15) is 0 Å². The van der Waals surface area contributed by atoms with Crippen LogP contribution < -0.4 is 5.48 Å². The Morgan fingerprint density at radius 2 is 2.08 bits per heavy atom. The molecule has 0 saturated carbocycles. The van der Waals surface area contributed by atoms with Crippen LogP contribution in [-0.2, 0) is 14.4 Å². The Labute approximate surface area is 76.4 Å². The molecule has 0 aliphatic carbocycles. The lowest BCUT2D eigenvalue weighted by atomic mass is 10.3. The van der Waals surface area contributed by atoms with Crippen LogP contribution in [0.1, 0.15) is 0 Å². The highest BCUT2D eigenvalue weighted by molar-refractivity contribution is 5.70. The van der Waals surface area contributed by atoms with Crippen LogP contribution in [0.4, 0.5) is 5.69 Å². The number of carbonyl (C=O) groups excluding carboxylic acids is 1. The van der Waals surface area contributed by atoms with Gasteiger partial charge in [-0.25, -0.2) is 4.79 Å². The van der Waals surface area contributed by atoms with Crippen molar-refractivity contribution in [2.24, 2.45) is 0 Å². The van der Waals surface area contributed by atoms with Crippen molar-refractivity contribution in [3.8, 4) is 0 Å². The fourth-order valence-electron chi connectivity index (χ4n) is 0.743. The molecule has 1 rings (SSSR count). The lowest BCUT2D eigenvalue weighted by Gasteiger charge is -2.04. The number of nitrogens with one attached hydrogen (secondary N) is 1. The SMILES string of the molecule is COC(=O)CONc1ccccc1. The highest BCUT2D eigenvalue weighted by Gasteiger charge is 1.98. The van der Waals surface area contributed by atoms with Gasteiger partial charge in [-0.1, -0.05) is 18.2 Å². The zero-order chi connectivity index (χ0) is 9.52. The summed E-state index contributed by atoms with van der Waals surface area (Å²) >= 11 is 0. The average Bonchev–Trinajstić information content (AvgIpc) is 2.19. The van der Waals surface area contributed by atoms with Crippen LogP contribution in [0.2, 0.25) is 0 Å². The summed E-state index contributed by atoms with van der Waals surface area (Å²) in [6.07, 6.45) is 0. The summed E-state index contributed by atoms with van der Waals surface area (Å²) in [7, 11) is 1.31. The molecule has 1 N–H and O–H groups in total. The summed E-state index contributed by atoms with van der Waals surface area (Å²) < 4.78 is 4.38. The number of methoxy groups -OCH3 is 1. The van der Waals surface area contributed by atoms with Gasteiger partial charge >= 0.3 is 5.97 Å². The first-order chi connectivity index (χ1) is 6.33. The minimum Gasteiger partial charge on any atom is -0.467 e. The molecule has 0 saturated heterocycles. The van der Waals surface area contributed by atoms with Gasteiger partial charge in [0.1, 0.15) is 0 Å². The molecule has 0 radical (unpaired) electrons. The van der Waals surface area contributed by atoms with E-state index >= 15 is 0 Å². The fraction of sp³-hybridized carbons (Fsp3) is 0.222. The Hall–Kier alpha value is -1.55. The highest BCUT2D eigenvalue weighted by Crippen LogP contribution is 2.03. The van der Waals surface area contributed by atoms with E-state index in [1.807, 2.05) is 30.3 Å². The molecule has 0 aliphatic heterocycles. The smallest absolute Gasteiger partial charge is 0.334 e. The zero-order valence-corrected chi connectivity index (χ0v) is 7.32. The predicted octanol–water partition coefficient (Wildman–Crippen LogP) is 1.20. The minimum absolute atomic E-state index is 0.106. The van der Waals surface area contributed by atoms with E-state index in [2.05, 4.69) is 10.2 Å². The summed E-state index contributed by atoms with van der Waals surface area (Å²) in [5.41, 5.74) is 3.41. The number of hydrogen-bond acceptors (Lipinski definition) is 4. The van der Waals surface area contributed by atoms with Gasteiger partial charge in [0, 0.05) is 0 Å². The molecular formula is C9H11NO3. The summed E-state index contributed by atoms with van der Waals surface area (Å²) in [6.45, 7) is -0.106. The maximum atomic E-state index is 10.6. The summed E-state index contributed by atoms with van der Waals surface area (Å²) in [5.74, 6) is -0.413. The second-order valence-corrected chi connectivity index (χ2v) is 2.33. The Bertz CT molecular complexity index is 261. The molecule has 0 unspecified atom stereocenters. The van der Waals surface area contributed by atoms with Crippen LogP contribution in [0.25, 0.3) is 0 Å². The first-order valence-corrected chi connectivity index (χ1v) is 3.82. The summed E-state index contributed by atoms with van der Waals surface area (Å²) in [4.78, 5) is 15.5. The van der Waals surface area contributed by atoms with Crippen molar-refractivity contribution in [2.75, 3.05) is 19.2 Å². The predicted molar refractivity (Wildman–Crippen MR) is 48.0 cm³/mol. The van der Waals surface area contributed by atoms with Crippen LogP contribution in [0, 0.1) is 0 Å². The van der Waals surface area contributed by atoms with Crippen molar-refractivity contribution in [1.82, 2.24) is 0 Å². The van der Waals surface area contributed by atoms with E-state index in [-0.39, 0.29) is 6.61 Å². The molecule has 1 aromatic rings. The second kappa shape index (κ2) is 5.16. The maximum Gasteiger partial charge on any atom is 0.334 e. The molecule has 4 heteroatoms. The van der Waals surface area contributed by atoms with Crippen LogP contribution in [-0.4, -0.2) is 19.7 Å². The van der Waals surface area contributed by atoms with Crippen molar-refractivity contribution in [3.63, 3.8) is 0 Å². The average molecular weight is 181 g/mol. The first kappa shape index (κ1) is 9.54.